The van der Waals surface area contributed by atoms with Crippen molar-refractivity contribution in [2.24, 2.45) is 0 Å². The number of hydrogen-bond donors (Lipinski definition) is 3. The molecule has 168 valence electrons. The Hall–Kier alpha value is -3.85. The maximum Gasteiger partial charge on any atom is 0.326 e. The van der Waals surface area contributed by atoms with Crippen LogP contribution in [0.1, 0.15) is 30.7 Å². The van der Waals surface area contributed by atoms with Gasteiger partial charge in [0.2, 0.25) is 0 Å². The summed E-state index contributed by atoms with van der Waals surface area (Å²) in [5.41, 5.74) is 3.61. The van der Waals surface area contributed by atoms with E-state index in [1.165, 1.54) is 17.3 Å². The molecule has 0 unspecified atom stereocenters. The van der Waals surface area contributed by atoms with Gasteiger partial charge in [-0.25, -0.2) is 19.2 Å². The molecule has 1 aliphatic rings. The normalized spacial score (nSPS) is 13.3. The van der Waals surface area contributed by atoms with Gasteiger partial charge >= 0.3 is 6.03 Å². The van der Waals surface area contributed by atoms with Crippen molar-refractivity contribution in [1.29, 1.82) is 0 Å². The monoisotopic (exact) mass is 446 g/mol. The molecule has 8 nitrogen and oxygen atoms in total. The fourth-order valence-electron chi connectivity index (χ4n) is 3.97. The second kappa shape index (κ2) is 8.95. The number of nitrogens with zero attached hydrogens (tertiary/aromatic N) is 4. The molecule has 3 N–H and O–H groups in total. The molecular formula is C24H23FN6O2. The number of pyridine rings is 1. The highest BCUT2D eigenvalue weighted by Crippen LogP contribution is 2.45. The van der Waals surface area contributed by atoms with Crippen molar-refractivity contribution in [3.05, 3.63) is 66.6 Å². The number of carbonyl (C=O) groups excluding carboxylic acids is 1. The van der Waals surface area contributed by atoms with E-state index in [2.05, 4.69) is 25.3 Å². The zero-order valence-corrected chi connectivity index (χ0v) is 17.8. The summed E-state index contributed by atoms with van der Waals surface area (Å²) in [5, 5.41) is 12.8. The molecule has 0 radical (unpaired) electrons. The number of benzene rings is 1. The van der Waals surface area contributed by atoms with Crippen LogP contribution in [0.5, 0.6) is 0 Å². The highest BCUT2D eigenvalue weighted by molar-refractivity contribution is 6.02. The second-order valence-electron chi connectivity index (χ2n) is 8.03. The molecule has 3 aromatic heterocycles. The van der Waals surface area contributed by atoms with E-state index in [4.69, 9.17) is 0 Å². The number of hydrogen-bond acceptors (Lipinski definition) is 5. The lowest BCUT2D eigenvalue weighted by Crippen LogP contribution is -2.36. The van der Waals surface area contributed by atoms with Crippen molar-refractivity contribution >= 4 is 28.4 Å². The molecule has 0 bridgehead atoms. The highest BCUT2D eigenvalue weighted by atomic mass is 19.1. The molecule has 0 spiro atoms. The van der Waals surface area contributed by atoms with Crippen molar-refractivity contribution in [2.75, 3.05) is 23.4 Å². The highest BCUT2D eigenvalue weighted by Gasteiger charge is 2.28. The summed E-state index contributed by atoms with van der Waals surface area (Å²) in [6.07, 6.45) is 9.16. The molecule has 1 aromatic carbocycles. The number of anilines is 2. The van der Waals surface area contributed by atoms with E-state index in [0.29, 0.717) is 47.2 Å². The Morgan fingerprint density at radius 2 is 2.15 bits per heavy atom. The van der Waals surface area contributed by atoms with Crippen LogP contribution in [0.15, 0.2) is 55.2 Å². The average molecular weight is 446 g/mol. The van der Waals surface area contributed by atoms with E-state index in [1.807, 2.05) is 6.20 Å². The molecule has 3 heterocycles. The van der Waals surface area contributed by atoms with E-state index >= 15 is 4.39 Å². The van der Waals surface area contributed by atoms with Crippen molar-refractivity contribution < 1.29 is 14.3 Å². The average Bonchev–Trinajstić information content (AvgIpc) is 3.58. The fraction of sp³-hybridized carbons (Fsp3) is 0.250. The number of aromatic nitrogens is 4. The van der Waals surface area contributed by atoms with Gasteiger partial charge in [0, 0.05) is 42.2 Å². The van der Waals surface area contributed by atoms with E-state index in [0.717, 1.165) is 23.8 Å². The molecule has 1 aliphatic carbocycles. The number of aliphatic hydroxyl groups is 1. The van der Waals surface area contributed by atoms with E-state index < -0.39 is 11.8 Å². The molecule has 2 amide bonds. The number of carbonyl (C=O) groups is 1. The number of fused-ring (bicyclic) bond motifs is 1. The van der Waals surface area contributed by atoms with Crippen molar-refractivity contribution in [3.63, 3.8) is 0 Å². The molecule has 5 rings (SSSR count). The number of halogens is 1. The van der Waals surface area contributed by atoms with Gasteiger partial charge in [-0.3, -0.25) is 9.88 Å². The van der Waals surface area contributed by atoms with Gasteiger partial charge in [-0.2, -0.15) is 0 Å². The van der Waals surface area contributed by atoms with Crippen LogP contribution in [0, 0.1) is 5.82 Å². The summed E-state index contributed by atoms with van der Waals surface area (Å²) in [6, 6.07) is 7.61. The molecule has 1 fully saturated rings. The van der Waals surface area contributed by atoms with Crippen LogP contribution in [0.25, 0.3) is 22.3 Å². The summed E-state index contributed by atoms with van der Waals surface area (Å²) in [7, 11) is 0. The summed E-state index contributed by atoms with van der Waals surface area (Å²) in [6.45, 7) is 0.244. The topological polar surface area (TPSA) is 107 Å². The smallest absolute Gasteiger partial charge is 0.326 e. The van der Waals surface area contributed by atoms with Crippen LogP contribution in [-0.2, 0) is 0 Å². The second-order valence-corrected chi connectivity index (χ2v) is 8.03. The molecule has 33 heavy (non-hydrogen) atoms. The lowest BCUT2D eigenvalue weighted by atomic mass is 10.0. The molecule has 9 heteroatoms. The maximum atomic E-state index is 15.2. The van der Waals surface area contributed by atoms with E-state index in [1.54, 1.807) is 36.7 Å². The van der Waals surface area contributed by atoms with Crippen LogP contribution < -0.4 is 10.2 Å². The van der Waals surface area contributed by atoms with Gasteiger partial charge in [-0.1, -0.05) is 0 Å². The third-order valence-corrected chi connectivity index (χ3v) is 5.74. The molecule has 0 aliphatic heterocycles. The Bertz CT molecular complexity index is 1290. The van der Waals surface area contributed by atoms with Gasteiger partial charge < -0.3 is 15.4 Å². The number of rotatable bonds is 7. The standard InChI is InChI=1S/C24H23FN6O2/c25-20-11-16(30-24(33)31(9-2-10-32)17-3-1-8-26-12-17)6-7-18(20)22-21-19(15-4-5-15)13-27-23(21)29-14-28-22/h1,3,6-8,11-15,32H,2,4-5,9-10H2,(H,30,33)(H,27,28,29). The van der Waals surface area contributed by atoms with Gasteiger partial charge in [0.05, 0.1) is 17.6 Å². The minimum absolute atomic E-state index is 0.0528. The summed E-state index contributed by atoms with van der Waals surface area (Å²) >= 11 is 0. The predicted octanol–water partition coefficient (Wildman–Crippen LogP) is 4.46. The first-order chi connectivity index (χ1) is 16.2. The van der Waals surface area contributed by atoms with Crippen LogP contribution in [0.3, 0.4) is 0 Å². The third-order valence-electron chi connectivity index (χ3n) is 5.74. The number of H-pyrrole nitrogens is 1. The van der Waals surface area contributed by atoms with Crippen LogP contribution >= 0.6 is 0 Å². The first-order valence-electron chi connectivity index (χ1n) is 10.9. The zero-order valence-electron chi connectivity index (χ0n) is 17.8. The molecular weight excluding hydrogens is 423 g/mol. The SMILES string of the molecule is O=C(Nc1ccc(-c2ncnc3[nH]cc(C4CC4)c23)c(F)c1)N(CCCO)c1cccnc1. The Balaban J connectivity index is 1.42. The number of aromatic amines is 1. The Labute approximate surface area is 189 Å². The van der Waals surface area contributed by atoms with Gasteiger partial charge in [0.1, 0.15) is 17.8 Å². The fourth-order valence-corrected chi connectivity index (χ4v) is 3.97. The summed E-state index contributed by atoms with van der Waals surface area (Å²) < 4.78 is 15.2. The number of amides is 2. The quantitative estimate of drug-likeness (QED) is 0.389. The predicted molar refractivity (Wildman–Crippen MR) is 124 cm³/mol. The Morgan fingerprint density at radius 3 is 2.88 bits per heavy atom. The molecule has 0 atom stereocenters. The Kier molecular flexibility index (Phi) is 5.70. The van der Waals surface area contributed by atoms with Crippen LogP contribution in [-0.4, -0.2) is 44.2 Å². The van der Waals surface area contributed by atoms with Crippen LogP contribution in [0.2, 0.25) is 0 Å². The van der Waals surface area contributed by atoms with Gasteiger partial charge in [0.25, 0.3) is 0 Å². The van der Waals surface area contributed by atoms with Gasteiger partial charge in [-0.15, -0.1) is 0 Å². The van der Waals surface area contributed by atoms with Crippen molar-refractivity contribution in [1.82, 2.24) is 19.9 Å². The summed E-state index contributed by atoms with van der Waals surface area (Å²) in [4.78, 5) is 30.2. The first-order valence-corrected chi connectivity index (χ1v) is 10.9. The van der Waals surface area contributed by atoms with Crippen molar-refractivity contribution in [3.8, 4) is 11.3 Å². The molecule has 0 saturated heterocycles. The van der Waals surface area contributed by atoms with Gasteiger partial charge in [0.15, 0.2) is 0 Å². The molecule has 4 aromatic rings. The minimum Gasteiger partial charge on any atom is -0.396 e. The zero-order chi connectivity index (χ0) is 22.8. The summed E-state index contributed by atoms with van der Waals surface area (Å²) in [5.74, 6) is -0.0264. The largest absolute Gasteiger partial charge is 0.396 e. The number of urea groups is 1. The maximum absolute atomic E-state index is 15.2. The van der Waals surface area contributed by atoms with Gasteiger partial charge in [-0.05, 0) is 61.1 Å². The van der Waals surface area contributed by atoms with E-state index in [-0.39, 0.29) is 6.61 Å². The van der Waals surface area contributed by atoms with Crippen LogP contribution in [0.4, 0.5) is 20.6 Å². The molecule has 1 saturated carbocycles. The lowest BCUT2D eigenvalue weighted by molar-refractivity contribution is 0.254. The lowest BCUT2D eigenvalue weighted by Gasteiger charge is -2.22. The number of aliphatic hydroxyl groups excluding tert-OH is 1. The first kappa shape index (κ1) is 21.0. The van der Waals surface area contributed by atoms with E-state index in [9.17, 15) is 9.90 Å². The number of nitrogens with one attached hydrogen (secondary N) is 2. The third kappa shape index (κ3) is 4.27. The Morgan fingerprint density at radius 1 is 1.27 bits per heavy atom. The minimum atomic E-state index is -0.487. The van der Waals surface area contributed by atoms with Crippen molar-refractivity contribution in [2.45, 2.75) is 25.2 Å².